The Kier molecular flexibility index (Phi) is 6.33. The third kappa shape index (κ3) is 4.42. The zero-order valence-electron chi connectivity index (χ0n) is 19.9. The van der Waals surface area contributed by atoms with Gasteiger partial charge in [-0.2, -0.15) is 0 Å². The van der Waals surface area contributed by atoms with E-state index in [2.05, 4.69) is 32.0 Å². The van der Waals surface area contributed by atoms with Crippen LogP contribution in [0.25, 0.3) is 22.2 Å². The number of amides is 2. The molecule has 6 nitrogen and oxygen atoms in total. The predicted octanol–water partition coefficient (Wildman–Crippen LogP) is 4.23. The van der Waals surface area contributed by atoms with Crippen LogP contribution in [-0.4, -0.2) is 66.0 Å². The lowest BCUT2D eigenvalue weighted by Gasteiger charge is -2.35. The second kappa shape index (κ2) is 9.55. The molecule has 0 saturated carbocycles. The van der Waals surface area contributed by atoms with E-state index in [1.54, 1.807) is 0 Å². The molecule has 2 saturated heterocycles. The number of hydrogen-bond acceptors (Lipinski definition) is 4. The summed E-state index contributed by atoms with van der Waals surface area (Å²) in [5.41, 5.74) is 5.70. The van der Waals surface area contributed by atoms with E-state index < -0.39 is 0 Å². The third-order valence-corrected chi connectivity index (χ3v) is 7.06. The Morgan fingerprint density at radius 2 is 1.65 bits per heavy atom. The lowest BCUT2D eigenvalue weighted by molar-refractivity contribution is -0.141. The molecule has 2 amide bonds. The van der Waals surface area contributed by atoms with Crippen LogP contribution < -0.4 is 0 Å². The van der Waals surface area contributed by atoms with Gasteiger partial charge >= 0.3 is 0 Å². The normalized spacial score (nSPS) is 17.2. The van der Waals surface area contributed by atoms with Crippen molar-refractivity contribution >= 4 is 22.7 Å². The number of likely N-dealkylation sites (tertiary alicyclic amines) is 1. The van der Waals surface area contributed by atoms with Crippen molar-refractivity contribution in [2.45, 2.75) is 26.7 Å². The summed E-state index contributed by atoms with van der Waals surface area (Å²) in [5, 5.41) is 0.868. The Balaban J connectivity index is 1.39. The molecule has 5 rings (SSSR count). The first-order valence-electron chi connectivity index (χ1n) is 12.1. The van der Waals surface area contributed by atoms with Crippen LogP contribution in [0.5, 0.6) is 0 Å². The van der Waals surface area contributed by atoms with E-state index in [1.165, 1.54) is 5.56 Å². The van der Waals surface area contributed by atoms with Crippen molar-refractivity contribution in [2.75, 3.05) is 39.4 Å². The van der Waals surface area contributed by atoms with Gasteiger partial charge in [-0.05, 0) is 44.4 Å². The van der Waals surface area contributed by atoms with E-state index in [4.69, 9.17) is 9.72 Å². The standard InChI is InChI=1S/C28H31N3O3/c1-19-7-8-22(20(2)17-19)26-18-24(23-5-3-4-6-25(23)29-26)28(33)30-11-9-21(10-12-30)27(32)31-13-15-34-16-14-31/h3-8,17-18,21H,9-16H2,1-2H3. The maximum Gasteiger partial charge on any atom is 0.254 e. The summed E-state index contributed by atoms with van der Waals surface area (Å²) < 4.78 is 5.37. The van der Waals surface area contributed by atoms with Crippen molar-refractivity contribution in [1.82, 2.24) is 14.8 Å². The second-order valence-electron chi connectivity index (χ2n) is 9.39. The van der Waals surface area contributed by atoms with Gasteiger partial charge in [-0.3, -0.25) is 9.59 Å². The van der Waals surface area contributed by atoms with Crippen LogP contribution in [0.15, 0.2) is 48.5 Å². The number of nitrogens with zero attached hydrogens (tertiary/aromatic N) is 3. The van der Waals surface area contributed by atoms with Crippen LogP contribution in [0.2, 0.25) is 0 Å². The first-order chi connectivity index (χ1) is 16.5. The Bertz CT molecular complexity index is 1220. The SMILES string of the molecule is Cc1ccc(-c2cc(C(=O)N3CCC(C(=O)N4CCOCC4)CC3)c3ccccc3n2)c(C)c1. The number of hydrogen-bond donors (Lipinski definition) is 0. The number of carbonyl (C=O) groups is 2. The molecule has 3 aromatic rings. The number of morpholine rings is 1. The predicted molar refractivity (Wildman–Crippen MR) is 133 cm³/mol. The molecule has 2 aliphatic rings. The molecule has 6 heteroatoms. The van der Waals surface area contributed by atoms with Gasteiger partial charge in [0, 0.05) is 43.0 Å². The number of carbonyl (C=O) groups excluding carboxylic acids is 2. The molecular formula is C28H31N3O3. The van der Waals surface area contributed by atoms with Crippen molar-refractivity contribution in [3.63, 3.8) is 0 Å². The molecule has 0 N–H and O–H groups in total. The lowest BCUT2D eigenvalue weighted by Crippen LogP contribution is -2.47. The molecule has 2 aromatic carbocycles. The van der Waals surface area contributed by atoms with E-state index in [-0.39, 0.29) is 17.7 Å². The van der Waals surface area contributed by atoms with Crippen molar-refractivity contribution in [3.8, 4) is 11.3 Å². The number of aromatic nitrogens is 1. The molecule has 0 spiro atoms. The summed E-state index contributed by atoms with van der Waals surface area (Å²) in [6, 6.07) is 16.1. The minimum absolute atomic E-state index is 0.0119. The van der Waals surface area contributed by atoms with Crippen molar-refractivity contribution in [3.05, 3.63) is 65.2 Å². The fraction of sp³-hybridized carbons (Fsp3) is 0.393. The average Bonchev–Trinajstić information content (AvgIpc) is 2.88. The number of fused-ring (bicyclic) bond motifs is 1. The van der Waals surface area contributed by atoms with Crippen LogP contribution >= 0.6 is 0 Å². The summed E-state index contributed by atoms with van der Waals surface area (Å²) in [6.07, 6.45) is 1.41. The average molecular weight is 458 g/mol. The minimum atomic E-state index is -0.0119. The topological polar surface area (TPSA) is 62.7 Å². The molecule has 0 atom stereocenters. The van der Waals surface area contributed by atoms with E-state index in [0.29, 0.717) is 57.8 Å². The van der Waals surface area contributed by atoms with Gasteiger partial charge < -0.3 is 14.5 Å². The van der Waals surface area contributed by atoms with Gasteiger partial charge in [0.1, 0.15) is 0 Å². The number of pyridine rings is 1. The van der Waals surface area contributed by atoms with Crippen molar-refractivity contribution in [1.29, 1.82) is 0 Å². The van der Waals surface area contributed by atoms with Crippen molar-refractivity contribution in [2.24, 2.45) is 5.92 Å². The zero-order chi connectivity index (χ0) is 23.7. The van der Waals surface area contributed by atoms with E-state index in [9.17, 15) is 9.59 Å². The van der Waals surface area contributed by atoms with Gasteiger partial charge in [0.05, 0.1) is 30.0 Å². The smallest absolute Gasteiger partial charge is 0.254 e. The molecule has 2 aliphatic heterocycles. The maximum absolute atomic E-state index is 13.7. The van der Waals surface area contributed by atoms with Crippen LogP contribution in [0.4, 0.5) is 0 Å². The fourth-order valence-electron chi connectivity index (χ4n) is 5.13. The maximum atomic E-state index is 13.7. The van der Waals surface area contributed by atoms with Gasteiger partial charge in [-0.1, -0.05) is 42.0 Å². The van der Waals surface area contributed by atoms with Crippen LogP contribution in [0, 0.1) is 19.8 Å². The molecule has 3 heterocycles. The van der Waals surface area contributed by atoms with Gasteiger partial charge in [0.2, 0.25) is 5.91 Å². The monoisotopic (exact) mass is 457 g/mol. The Morgan fingerprint density at radius 1 is 0.912 bits per heavy atom. The molecule has 0 unspecified atom stereocenters. The Labute approximate surface area is 200 Å². The first-order valence-corrected chi connectivity index (χ1v) is 12.1. The third-order valence-electron chi connectivity index (χ3n) is 7.06. The number of ether oxygens (including phenoxy) is 1. The number of para-hydroxylation sites is 1. The summed E-state index contributed by atoms with van der Waals surface area (Å²) >= 11 is 0. The van der Waals surface area contributed by atoms with Crippen LogP contribution in [0.1, 0.15) is 34.3 Å². The molecule has 34 heavy (non-hydrogen) atoms. The highest BCUT2D eigenvalue weighted by Gasteiger charge is 2.31. The van der Waals surface area contributed by atoms with Gasteiger partial charge in [0.25, 0.3) is 5.91 Å². The van der Waals surface area contributed by atoms with Crippen LogP contribution in [0.3, 0.4) is 0 Å². The Morgan fingerprint density at radius 3 is 2.38 bits per heavy atom. The zero-order valence-corrected chi connectivity index (χ0v) is 19.9. The summed E-state index contributed by atoms with van der Waals surface area (Å²) in [6.45, 7) is 7.90. The van der Waals surface area contributed by atoms with E-state index >= 15 is 0 Å². The second-order valence-corrected chi connectivity index (χ2v) is 9.39. The highest BCUT2D eigenvalue weighted by molar-refractivity contribution is 6.07. The quantitative estimate of drug-likeness (QED) is 0.591. The largest absolute Gasteiger partial charge is 0.378 e. The minimum Gasteiger partial charge on any atom is -0.378 e. The first kappa shape index (κ1) is 22.5. The Hall–Kier alpha value is -3.25. The fourth-order valence-corrected chi connectivity index (χ4v) is 5.13. The number of aryl methyl sites for hydroxylation is 2. The highest BCUT2D eigenvalue weighted by atomic mass is 16.5. The number of rotatable bonds is 3. The van der Waals surface area contributed by atoms with Crippen molar-refractivity contribution < 1.29 is 14.3 Å². The molecular weight excluding hydrogens is 426 g/mol. The molecule has 0 aliphatic carbocycles. The van der Waals surface area contributed by atoms with E-state index in [0.717, 1.165) is 27.7 Å². The molecule has 2 fully saturated rings. The molecule has 176 valence electrons. The molecule has 0 bridgehead atoms. The number of piperidine rings is 1. The van der Waals surface area contributed by atoms with Gasteiger partial charge in [0.15, 0.2) is 0 Å². The summed E-state index contributed by atoms with van der Waals surface area (Å²) in [7, 11) is 0. The summed E-state index contributed by atoms with van der Waals surface area (Å²) in [4.78, 5) is 35.3. The van der Waals surface area contributed by atoms with Crippen LogP contribution in [-0.2, 0) is 9.53 Å². The lowest BCUT2D eigenvalue weighted by atomic mass is 9.94. The number of benzene rings is 2. The van der Waals surface area contributed by atoms with E-state index in [1.807, 2.05) is 40.1 Å². The van der Waals surface area contributed by atoms with Gasteiger partial charge in [-0.15, -0.1) is 0 Å². The molecule has 0 radical (unpaired) electrons. The van der Waals surface area contributed by atoms with Gasteiger partial charge in [-0.25, -0.2) is 4.98 Å². The highest BCUT2D eigenvalue weighted by Crippen LogP contribution is 2.29. The molecule has 1 aromatic heterocycles. The summed E-state index contributed by atoms with van der Waals surface area (Å²) in [5.74, 6) is 0.214.